The average molecular weight is 868 g/mol. The van der Waals surface area contributed by atoms with E-state index in [0.29, 0.717) is 0 Å². The first-order valence-electron chi connectivity index (χ1n) is 23.3. The first kappa shape index (κ1) is 38.4. The molecule has 2 heterocycles. The Morgan fingerprint density at radius 3 is 1.66 bits per heavy atom. The van der Waals surface area contributed by atoms with Gasteiger partial charge in [0.1, 0.15) is 22.3 Å². The fourth-order valence-electron chi connectivity index (χ4n) is 11.3. The number of nitrogens with zero attached hydrogens (tertiary/aromatic N) is 1. The van der Waals surface area contributed by atoms with Crippen LogP contribution in [0.1, 0.15) is 22.3 Å². The summed E-state index contributed by atoms with van der Waals surface area (Å²) in [5.74, 6) is 0. The maximum absolute atomic E-state index is 6.61. The van der Waals surface area contributed by atoms with Gasteiger partial charge in [-0.3, -0.25) is 0 Å². The van der Waals surface area contributed by atoms with Crippen molar-refractivity contribution in [3.8, 4) is 33.4 Å². The Hall–Kier alpha value is -8.92. The predicted molar refractivity (Wildman–Crippen MR) is 281 cm³/mol. The molecule has 11 aromatic carbocycles. The highest BCUT2D eigenvalue weighted by Gasteiger charge is 2.46. The second-order valence-electron chi connectivity index (χ2n) is 17.9. The van der Waals surface area contributed by atoms with Crippen molar-refractivity contribution in [1.29, 1.82) is 0 Å². The summed E-state index contributed by atoms with van der Waals surface area (Å²) in [6.45, 7) is 0. The second-order valence-corrected chi connectivity index (χ2v) is 17.9. The van der Waals surface area contributed by atoms with Crippen molar-refractivity contribution >= 4 is 71.7 Å². The lowest BCUT2D eigenvalue weighted by atomic mass is 9.67. The molecule has 14 rings (SSSR count). The van der Waals surface area contributed by atoms with Crippen molar-refractivity contribution in [2.24, 2.45) is 0 Å². The molecule has 0 unspecified atom stereocenters. The van der Waals surface area contributed by atoms with Crippen molar-refractivity contribution in [3.63, 3.8) is 0 Å². The molecule has 1 aliphatic carbocycles. The van der Waals surface area contributed by atoms with Crippen molar-refractivity contribution in [1.82, 2.24) is 0 Å². The monoisotopic (exact) mass is 867 g/mol. The molecular formula is C65H41NO2. The largest absolute Gasteiger partial charge is 0.456 e. The number of hydrogen-bond donors (Lipinski definition) is 0. The van der Waals surface area contributed by atoms with Gasteiger partial charge in [-0.2, -0.15) is 0 Å². The SMILES string of the molecule is c1ccc(C2(c3ccccc3)c3ccccc3-c3ccc(N(c4ccc(-c5ccc6c(c5)oc5ccccc56)cc4)c4ccc(-c5cccc6oc7c8ccccc8ccc7c56)cc4)cc32)cc1. The van der Waals surface area contributed by atoms with Gasteiger partial charge in [0.2, 0.25) is 0 Å². The third-order valence-corrected chi connectivity index (χ3v) is 14.4. The first-order valence-corrected chi connectivity index (χ1v) is 23.3. The van der Waals surface area contributed by atoms with Gasteiger partial charge in [-0.1, -0.05) is 182 Å². The van der Waals surface area contributed by atoms with E-state index in [1.807, 2.05) is 12.1 Å². The quantitative estimate of drug-likeness (QED) is 0.160. The lowest BCUT2D eigenvalue weighted by molar-refractivity contribution is 0.669. The molecule has 3 heteroatoms. The number of hydrogen-bond acceptors (Lipinski definition) is 3. The molecule has 0 N–H and O–H groups in total. The molecule has 0 amide bonds. The van der Waals surface area contributed by atoms with Crippen LogP contribution in [-0.4, -0.2) is 0 Å². The summed E-state index contributed by atoms with van der Waals surface area (Å²) < 4.78 is 12.9. The number of furan rings is 2. The number of fused-ring (bicyclic) bond motifs is 11. The second kappa shape index (κ2) is 15.1. The lowest BCUT2D eigenvalue weighted by Crippen LogP contribution is -2.28. The molecule has 0 bridgehead atoms. The van der Waals surface area contributed by atoms with Gasteiger partial charge in [-0.25, -0.2) is 0 Å². The van der Waals surface area contributed by atoms with Crippen molar-refractivity contribution in [2.75, 3.05) is 4.90 Å². The van der Waals surface area contributed by atoms with E-state index in [4.69, 9.17) is 8.83 Å². The molecule has 1 aliphatic rings. The Balaban J connectivity index is 0.937. The van der Waals surface area contributed by atoms with Gasteiger partial charge >= 0.3 is 0 Å². The highest BCUT2D eigenvalue weighted by molar-refractivity contribution is 6.19. The maximum atomic E-state index is 6.61. The van der Waals surface area contributed by atoms with E-state index in [1.54, 1.807) is 0 Å². The summed E-state index contributed by atoms with van der Waals surface area (Å²) in [5, 5.41) is 6.81. The Morgan fingerprint density at radius 2 is 0.882 bits per heavy atom. The minimum absolute atomic E-state index is 0.531. The zero-order valence-electron chi connectivity index (χ0n) is 36.9. The maximum Gasteiger partial charge on any atom is 0.143 e. The van der Waals surface area contributed by atoms with Crippen LogP contribution in [0.4, 0.5) is 17.1 Å². The number of para-hydroxylation sites is 1. The zero-order chi connectivity index (χ0) is 44.8. The van der Waals surface area contributed by atoms with Gasteiger partial charge in [0.15, 0.2) is 0 Å². The molecule has 0 atom stereocenters. The van der Waals surface area contributed by atoms with Gasteiger partial charge in [-0.05, 0) is 128 Å². The number of benzene rings is 11. The van der Waals surface area contributed by atoms with Crippen LogP contribution >= 0.6 is 0 Å². The molecule has 13 aromatic rings. The molecule has 0 spiro atoms. The van der Waals surface area contributed by atoms with E-state index in [-0.39, 0.29) is 0 Å². The number of anilines is 3. The van der Waals surface area contributed by atoms with Gasteiger partial charge in [0.25, 0.3) is 0 Å². The summed E-state index contributed by atoms with van der Waals surface area (Å²) in [4.78, 5) is 2.40. The summed E-state index contributed by atoms with van der Waals surface area (Å²) in [6.07, 6.45) is 0. The zero-order valence-corrected chi connectivity index (χ0v) is 36.9. The minimum atomic E-state index is -0.531. The molecule has 318 valence electrons. The summed E-state index contributed by atoms with van der Waals surface area (Å²) in [6, 6.07) is 90.1. The van der Waals surface area contributed by atoms with Crippen LogP contribution in [0.5, 0.6) is 0 Å². The molecule has 0 fully saturated rings. The van der Waals surface area contributed by atoms with E-state index < -0.39 is 5.41 Å². The van der Waals surface area contributed by atoms with Crippen LogP contribution in [0.15, 0.2) is 258 Å². The first-order chi connectivity index (χ1) is 33.7. The predicted octanol–water partition coefficient (Wildman–Crippen LogP) is 17.8. The molecular weight excluding hydrogens is 827 g/mol. The molecule has 0 radical (unpaired) electrons. The average Bonchev–Trinajstić information content (AvgIpc) is 4.08. The van der Waals surface area contributed by atoms with E-state index in [0.717, 1.165) is 88.6 Å². The normalized spacial score (nSPS) is 12.8. The van der Waals surface area contributed by atoms with E-state index in [9.17, 15) is 0 Å². The smallest absolute Gasteiger partial charge is 0.143 e. The fraction of sp³-hybridized carbons (Fsp3) is 0.0154. The summed E-state index contributed by atoms with van der Waals surface area (Å²) in [7, 11) is 0. The van der Waals surface area contributed by atoms with Crippen LogP contribution in [0.25, 0.3) is 88.0 Å². The van der Waals surface area contributed by atoms with Crippen LogP contribution < -0.4 is 4.90 Å². The van der Waals surface area contributed by atoms with Crippen molar-refractivity contribution in [3.05, 3.63) is 271 Å². The minimum Gasteiger partial charge on any atom is -0.456 e. The lowest BCUT2D eigenvalue weighted by Gasteiger charge is -2.35. The van der Waals surface area contributed by atoms with Crippen LogP contribution in [0, 0.1) is 0 Å². The fourth-order valence-corrected chi connectivity index (χ4v) is 11.3. The van der Waals surface area contributed by atoms with Crippen LogP contribution in [0.2, 0.25) is 0 Å². The van der Waals surface area contributed by atoms with Gasteiger partial charge in [0, 0.05) is 44.0 Å². The van der Waals surface area contributed by atoms with Gasteiger partial charge in [-0.15, -0.1) is 0 Å². The Labute approximate surface area is 393 Å². The van der Waals surface area contributed by atoms with Crippen molar-refractivity contribution in [2.45, 2.75) is 5.41 Å². The Bertz CT molecular complexity index is 4030. The molecule has 2 aromatic heterocycles. The van der Waals surface area contributed by atoms with Gasteiger partial charge < -0.3 is 13.7 Å². The summed E-state index contributed by atoms with van der Waals surface area (Å²) in [5.41, 5.74) is 18.3. The molecule has 0 aliphatic heterocycles. The highest BCUT2D eigenvalue weighted by Crippen LogP contribution is 2.57. The van der Waals surface area contributed by atoms with E-state index in [1.165, 1.54) is 38.8 Å². The topological polar surface area (TPSA) is 29.5 Å². The standard InChI is InChI=1S/C65H41NO2/c1-3-15-46(16-4-1)65(47-17-5-2-6-18-47)58-23-11-9-20-53(58)54-39-36-50(41-59(54)65)66(48-32-26-42(27-33-48)45-31-37-56-55-21-10-12-24-60(55)67-62(56)40-45)49-34-28-44(29-35-49)51-22-13-25-61-63(51)57-38-30-43-14-7-8-19-52(43)64(57)68-61/h1-41H. The third kappa shape index (κ3) is 5.72. The molecule has 3 nitrogen and oxygen atoms in total. The molecule has 0 saturated heterocycles. The van der Waals surface area contributed by atoms with E-state index in [2.05, 4.69) is 241 Å². The highest BCUT2D eigenvalue weighted by atomic mass is 16.3. The van der Waals surface area contributed by atoms with Crippen molar-refractivity contribution < 1.29 is 8.83 Å². The van der Waals surface area contributed by atoms with E-state index >= 15 is 0 Å². The number of rotatable bonds is 7. The molecule has 68 heavy (non-hydrogen) atoms. The van der Waals surface area contributed by atoms with Crippen LogP contribution in [0.3, 0.4) is 0 Å². The third-order valence-electron chi connectivity index (χ3n) is 14.4. The Kier molecular flexibility index (Phi) is 8.50. The summed E-state index contributed by atoms with van der Waals surface area (Å²) >= 11 is 0. The Morgan fingerprint density at radius 1 is 0.309 bits per heavy atom. The molecule has 0 saturated carbocycles. The van der Waals surface area contributed by atoms with Gasteiger partial charge in [0.05, 0.1) is 5.41 Å². The van der Waals surface area contributed by atoms with Crippen LogP contribution in [-0.2, 0) is 5.41 Å².